The fourth-order valence-corrected chi connectivity index (χ4v) is 1.55. The minimum Gasteiger partial charge on any atom is -0.398 e. The van der Waals surface area contributed by atoms with Crippen molar-refractivity contribution < 1.29 is 0 Å². The van der Waals surface area contributed by atoms with Crippen molar-refractivity contribution >= 4 is 17.3 Å². The lowest BCUT2D eigenvalue weighted by Crippen LogP contribution is -2.00. The van der Waals surface area contributed by atoms with E-state index in [-0.39, 0.29) is 0 Å². The largest absolute Gasteiger partial charge is 0.398 e. The zero-order chi connectivity index (χ0) is 10.8. The third kappa shape index (κ3) is 2.30. The Bertz CT molecular complexity index is 476. The minimum absolute atomic E-state index is 0.593. The van der Waals surface area contributed by atoms with Gasteiger partial charge in [0, 0.05) is 6.20 Å². The maximum atomic E-state index is 5.84. The van der Waals surface area contributed by atoms with Gasteiger partial charge in [-0.15, -0.1) is 0 Å². The smallest absolute Gasteiger partial charge is 0.0660 e. The Balaban J connectivity index is 2.21. The molecule has 0 aliphatic rings. The Hall–Kier alpha value is -1.48. The molecule has 0 unspecified atom stereocenters. The van der Waals surface area contributed by atoms with Crippen molar-refractivity contribution in [2.24, 2.45) is 0 Å². The first-order valence-electron chi connectivity index (χ1n) is 4.68. The molecule has 4 heteroatoms. The summed E-state index contributed by atoms with van der Waals surface area (Å²) in [5.41, 5.74) is 8.57. The fraction of sp³-hybridized carbons (Fsp3) is 0.182. The Kier molecular flexibility index (Phi) is 2.64. The van der Waals surface area contributed by atoms with Crippen molar-refractivity contribution in [3.05, 3.63) is 46.7 Å². The molecule has 0 atom stereocenters. The first-order chi connectivity index (χ1) is 7.15. The number of aromatic nitrogens is 2. The predicted molar refractivity (Wildman–Crippen MR) is 61.9 cm³/mol. The van der Waals surface area contributed by atoms with Crippen molar-refractivity contribution in [3.8, 4) is 0 Å². The van der Waals surface area contributed by atoms with Gasteiger partial charge < -0.3 is 5.73 Å². The molecule has 2 aromatic rings. The van der Waals surface area contributed by atoms with Crippen LogP contribution >= 0.6 is 11.6 Å². The van der Waals surface area contributed by atoms with Gasteiger partial charge >= 0.3 is 0 Å². The molecule has 0 aliphatic heterocycles. The van der Waals surface area contributed by atoms with E-state index in [1.165, 1.54) is 0 Å². The highest BCUT2D eigenvalue weighted by Gasteiger charge is 2.00. The second kappa shape index (κ2) is 3.95. The molecular weight excluding hydrogens is 210 g/mol. The van der Waals surface area contributed by atoms with E-state index >= 15 is 0 Å². The molecule has 0 saturated carbocycles. The molecule has 0 radical (unpaired) electrons. The van der Waals surface area contributed by atoms with Crippen LogP contribution in [0.3, 0.4) is 0 Å². The van der Waals surface area contributed by atoms with E-state index in [1.54, 1.807) is 0 Å². The van der Waals surface area contributed by atoms with E-state index in [2.05, 4.69) is 5.10 Å². The monoisotopic (exact) mass is 221 g/mol. The highest BCUT2D eigenvalue weighted by atomic mass is 35.5. The SMILES string of the molecule is Cc1cnn(Cc2ccc(Cl)c(N)c2)c1. The second-order valence-electron chi connectivity index (χ2n) is 3.57. The maximum Gasteiger partial charge on any atom is 0.0660 e. The molecule has 1 heterocycles. The summed E-state index contributed by atoms with van der Waals surface area (Å²) in [6.07, 6.45) is 3.82. The predicted octanol–water partition coefficient (Wildman–Crippen LogP) is 2.48. The number of benzene rings is 1. The van der Waals surface area contributed by atoms with E-state index in [1.807, 2.05) is 42.2 Å². The van der Waals surface area contributed by atoms with Gasteiger partial charge in [0.25, 0.3) is 0 Å². The van der Waals surface area contributed by atoms with Crippen LogP contribution in [0.25, 0.3) is 0 Å². The fourth-order valence-electron chi connectivity index (χ4n) is 1.43. The zero-order valence-electron chi connectivity index (χ0n) is 8.44. The summed E-state index contributed by atoms with van der Waals surface area (Å²) in [6, 6.07) is 5.64. The Morgan fingerprint density at radius 1 is 1.47 bits per heavy atom. The van der Waals surface area contributed by atoms with Gasteiger partial charge in [-0.2, -0.15) is 5.10 Å². The van der Waals surface area contributed by atoms with E-state index in [4.69, 9.17) is 17.3 Å². The van der Waals surface area contributed by atoms with Crippen LogP contribution in [0.2, 0.25) is 5.02 Å². The zero-order valence-corrected chi connectivity index (χ0v) is 9.20. The number of hydrogen-bond donors (Lipinski definition) is 1. The molecule has 78 valence electrons. The summed E-state index contributed by atoms with van der Waals surface area (Å²) in [4.78, 5) is 0. The number of aryl methyl sites for hydroxylation is 1. The van der Waals surface area contributed by atoms with Crippen LogP contribution in [0.15, 0.2) is 30.6 Å². The van der Waals surface area contributed by atoms with Gasteiger partial charge in [0.15, 0.2) is 0 Å². The first-order valence-corrected chi connectivity index (χ1v) is 5.06. The number of halogens is 1. The molecule has 1 aromatic carbocycles. The van der Waals surface area contributed by atoms with Gasteiger partial charge in [0.2, 0.25) is 0 Å². The molecule has 3 nitrogen and oxygen atoms in total. The number of hydrogen-bond acceptors (Lipinski definition) is 2. The number of rotatable bonds is 2. The third-order valence-electron chi connectivity index (χ3n) is 2.17. The molecule has 0 saturated heterocycles. The standard InChI is InChI=1S/C11H12ClN3/c1-8-5-14-15(6-8)7-9-2-3-10(12)11(13)4-9/h2-6H,7,13H2,1H3. The summed E-state index contributed by atoms with van der Waals surface area (Å²) in [7, 11) is 0. The minimum atomic E-state index is 0.593. The quantitative estimate of drug-likeness (QED) is 0.792. The summed E-state index contributed by atoms with van der Waals surface area (Å²) in [5.74, 6) is 0. The molecule has 0 bridgehead atoms. The van der Waals surface area contributed by atoms with E-state index in [9.17, 15) is 0 Å². The van der Waals surface area contributed by atoms with Crippen molar-refractivity contribution in [2.45, 2.75) is 13.5 Å². The third-order valence-corrected chi connectivity index (χ3v) is 2.51. The van der Waals surface area contributed by atoms with Crippen LogP contribution in [0, 0.1) is 6.92 Å². The van der Waals surface area contributed by atoms with Crippen molar-refractivity contribution in [1.29, 1.82) is 0 Å². The Labute approximate surface area is 93.5 Å². The molecule has 0 amide bonds. The van der Waals surface area contributed by atoms with Gasteiger partial charge in [0.1, 0.15) is 0 Å². The number of nitrogens with zero attached hydrogens (tertiary/aromatic N) is 2. The van der Waals surface area contributed by atoms with Crippen LogP contribution in [0.5, 0.6) is 0 Å². The van der Waals surface area contributed by atoms with Crippen LogP contribution in [0.1, 0.15) is 11.1 Å². The summed E-state index contributed by atoms with van der Waals surface area (Å²) < 4.78 is 1.87. The van der Waals surface area contributed by atoms with Crippen molar-refractivity contribution in [1.82, 2.24) is 9.78 Å². The lowest BCUT2D eigenvalue weighted by molar-refractivity contribution is 0.687. The van der Waals surface area contributed by atoms with Gasteiger partial charge in [-0.3, -0.25) is 4.68 Å². The van der Waals surface area contributed by atoms with Crippen molar-refractivity contribution in [2.75, 3.05) is 5.73 Å². The van der Waals surface area contributed by atoms with E-state index < -0.39 is 0 Å². The molecule has 0 aliphatic carbocycles. The number of anilines is 1. The first kappa shape index (κ1) is 10.1. The molecular formula is C11H12ClN3. The Morgan fingerprint density at radius 2 is 2.27 bits per heavy atom. The van der Waals surface area contributed by atoms with Crippen LogP contribution in [0.4, 0.5) is 5.69 Å². The van der Waals surface area contributed by atoms with E-state index in [0.717, 1.165) is 17.7 Å². The summed E-state index contributed by atoms with van der Waals surface area (Å²) >= 11 is 5.84. The molecule has 15 heavy (non-hydrogen) atoms. The average Bonchev–Trinajstić information content (AvgIpc) is 2.58. The van der Waals surface area contributed by atoms with Gasteiger partial charge in [-0.1, -0.05) is 17.7 Å². The lowest BCUT2D eigenvalue weighted by Gasteiger charge is -2.04. The highest BCUT2D eigenvalue weighted by Crippen LogP contribution is 2.19. The van der Waals surface area contributed by atoms with Crippen molar-refractivity contribution in [3.63, 3.8) is 0 Å². The lowest BCUT2D eigenvalue weighted by atomic mass is 10.2. The van der Waals surface area contributed by atoms with Gasteiger partial charge in [-0.25, -0.2) is 0 Å². The number of nitrogen functional groups attached to an aromatic ring is 1. The van der Waals surface area contributed by atoms with Crippen LogP contribution in [-0.2, 0) is 6.54 Å². The second-order valence-corrected chi connectivity index (χ2v) is 3.98. The normalized spacial score (nSPS) is 10.5. The molecule has 2 rings (SSSR count). The Morgan fingerprint density at radius 3 is 2.87 bits per heavy atom. The number of nitrogens with two attached hydrogens (primary N) is 1. The molecule has 0 fully saturated rings. The molecule has 1 aromatic heterocycles. The van der Waals surface area contributed by atoms with Crippen LogP contribution in [-0.4, -0.2) is 9.78 Å². The van der Waals surface area contributed by atoms with E-state index in [0.29, 0.717) is 10.7 Å². The molecule has 2 N–H and O–H groups in total. The summed E-state index contributed by atoms with van der Waals surface area (Å²) in [6.45, 7) is 2.73. The van der Waals surface area contributed by atoms with Crippen LogP contribution < -0.4 is 5.73 Å². The highest BCUT2D eigenvalue weighted by molar-refractivity contribution is 6.33. The maximum absolute atomic E-state index is 5.84. The average molecular weight is 222 g/mol. The molecule has 0 spiro atoms. The van der Waals surface area contributed by atoms with Gasteiger partial charge in [-0.05, 0) is 30.2 Å². The summed E-state index contributed by atoms with van der Waals surface area (Å²) in [5, 5.41) is 4.80. The van der Waals surface area contributed by atoms with Gasteiger partial charge in [0.05, 0.1) is 23.5 Å². The topological polar surface area (TPSA) is 43.8 Å².